The minimum absolute atomic E-state index is 0.0168. The van der Waals surface area contributed by atoms with E-state index in [2.05, 4.69) is 4.74 Å². The maximum Gasteiger partial charge on any atom is 0.345 e. The second-order valence-corrected chi connectivity index (χ2v) is 9.12. The molecule has 1 amide bonds. The molecule has 0 spiro atoms. The number of likely N-dealkylation sites (tertiary alicyclic amines) is 1. The number of methoxy groups -OCH3 is 1. The molecule has 0 N–H and O–H groups in total. The molecule has 1 atom stereocenters. The van der Waals surface area contributed by atoms with Crippen LogP contribution in [-0.2, 0) is 28.9 Å². The van der Waals surface area contributed by atoms with Crippen molar-refractivity contribution in [3.63, 3.8) is 0 Å². The van der Waals surface area contributed by atoms with Crippen LogP contribution in [0.1, 0.15) is 19.3 Å². The molecule has 27 heavy (non-hydrogen) atoms. The molecule has 3 rings (SSSR count). The lowest BCUT2D eigenvalue weighted by Gasteiger charge is -2.38. The Bertz CT molecular complexity index is 822. The van der Waals surface area contributed by atoms with Crippen LogP contribution in [0.2, 0.25) is 0 Å². The number of carbonyl (C=O) groups excluding carboxylic acids is 2. The molecule has 0 radical (unpaired) electrons. The van der Waals surface area contributed by atoms with Crippen molar-refractivity contribution in [3.05, 3.63) is 30.3 Å². The first-order valence-corrected chi connectivity index (χ1v) is 10.2. The molecular formula is C18H22FNO6S. The summed E-state index contributed by atoms with van der Waals surface area (Å²) in [6.45, 7) is -0.324. The second kappa shape index (κ2) is 7.20. The van der Waals surface area contributed by atoms with E-state index in [0.29, 0.717) is 0 Å². The van der Waals surface area contributed by atoms with Crippen molar-refractivity contribution in [1.29, 1.82) is 0 Å². The van der Waals surface area contributed by atoms with Gasteiger partial charge in [0.1, 0.15) is 0 Å². The number of amides is 1. The van der Waals surface area contributed by atoms with Gasteiger partial charge in [0.05, 0.1) is 18.6 Å². The third-order valence-corrected chi connectivity index (χ3v) is 7.82. The number of benzene rings is 1. The van der Waals surface area contributed by atoms with Gasteiger partial charge in [-0.05, 0) is 25.0 Å². The van der Waals surface area contributed by atoms with Gasteiger partial charge >= 0.3 is 5.97 Å². The van der Waals surface area contributed by atoms with Crippen LogP contribution in [0.4, 0.5) is 4.39 Å². The summed E-state index contributed by atoms with van der Waals surface area (Å²) in [6.07, 6.45) is -0.252. The number of sulfone groups is 1. The van der Waals surface area contributed by atoms with Crippen molar-refractivity contribution in [1.82, 2.24) is 4.90 Å². The molecule has 7 nitrogen and oxygen atoms in total. The van der Waals surface area contributed by atoms with Gasteiger partial charge in [-0.1, -0.05) is 18.2 Å². The van der Waals surface area contributed by atoms with Crippen LogP contribution in [0, 0.1) is 0 Å². The normalized spacial score (nSPS) is 25.2. The fourth-order valence-corrected chi connectivity index (χ4v) is 5.74. The average molecular weight is 399 g/mol. The molecular weight excluding hydrogens is 377 g/mol. The maximum atomic E-state index is 14.8. The van der Waals surface area contributed by atoms with E-state index in [1.54, 1.807) is 18.2 Å². The Balaban J connectivity index is 1.96. The Labute approximate surface area is 157 Å². The number of rotatable bonds is 4. The summed E-state index contributed by atoms with van der Waals surface area (Å²) in [7, 11) is -2.96. The molecule has 2 aliphatic rings. The van der Waals surface area contributed by atoms with Gasteiger partial charge in [0.2, 0.25) is 11.6 Å². The SMILES string of the molecule is COC(=O)[C@@]1(F)CCN(C(=O)C2(S(=O)(=O)c3ccccc3)CCOCC2)C1. The van der Waals surface area contributed by atoms with Crippen LogP contribution < -0.4 is 0 Å². The third kappa shape index (κ3) is 3.23. The molecule has 0 bridgehead atoms. The fourth-order valence-electron chi connectivity index (χ4n) is 3.71. The standard InChI is InChI=1S/C18H22FNO6S/c1-25-16(22)17(19)7-10-20(13-17)15(21)18(8-11-26-12-9-18)27(23,24)14-5-3-2-4-6-14/h2-6H,7-13H2,1H3/t17-/m1/s1. The lowest BCUT2D eigenvalue weighted by molar-refractivity contribution is -0.154. The number of halogens is 1. The first-order chi connectivity index (χ1) is 12.8. The smallest absolute Gasteiger partial charge is 0.345 e. The van der Waals surface area contributed by atoms with Crippen LogP contribution >= 0.6 is 0 Å². The van der Waals surface area contributed by atoms with Gasteiger partial charge in [-0.25, -0.2) is 17.6 Å². The van der Waals surface area contributed by atoms with Crippen LogP contribution in [0.25, 0.3) is 0 Å². The van der Waals surface area contributed by atoms with Crippen molar-refractivity contribution in [2.45, 2.75) is 34.6 Å². The second-order valence-electron chi connectivity index (χ2n) is 6.86. The number of ether oxygens (including phenoxy) is 2. The topological polar surface area (TPSA) is 90.0 Å². The van der Waals surface area contributed by atoms with E-state index >= 15 is 0 Å². The van der Waals surface area contributed by atoms with Gasteiger partial charge in [0, 0.05) is 26.2 Å². The zero-order valence-corrected chi connectivity index (χ0v) is 15.8. The van der Waals surface area contributed by atoms with Gasteiger partial charge in [-0.3, -0.25) is 4.79 Å². The van der Waals surface area contributed by atoms with E-state index in [0.717, 1.165) is 12.0 Å². The predicted octanol–water partition coefficient (Wildman–Crippen LogP) is 1.12. The lowest BCUT2D eigenvalue weighted by atomic mass is 9.97. The average Bonchev–Trinajstić information content (AvgIpc) is 3.11. The Hall–Kier alpha value is -2.00. The number of esters is 1. The van der Waals surface area contributed by atoms with Gasteiger partial charge in [0.15, 0.2) is 14.6 Å². The molecule has 0 aromatic heterocycles. The van der Waals surface area contributed by atoms with Crippen LogP contribution in [0.15, 0.2) is 35.2 Å². The maximum absolute atomic E-state index is 14.8. The number of hydrogen-bond acceptors (Lipinski definition) is 6. The highest BCUT2D eigenvalue weighted by atomic mass is 32.2. The summed E-state index contributed by atoms with van der Waals surface area (Å²) in [5.74, 6) is -1.73. The van der Waals surface area contributed by atoms with Gasteiger partial charge in [0.25, 0.3) is 0 Å². The summed E-state index contributed by atoms with van der Waals surface area (Å²) in [6, 6.07) is 7.75. The van der Waals surface area contributed by atoms with E-state index in [9.17, 15) is 22.4 Å². The minimum Gasteiger partial charge on any atom is -0.467 e. The summed E-state index contributed by atoms with van der Waals surface area (Å²) in [4.78, 5) is 26.2. The van der Waals surface area contributed by atoms with Crippen molar-refractivity contribution in [2.24, 2.45) is 0 Å². The first-order valence-electron chi connectivity index (χ1n) is 8.71. The first kappa shape index (κ1) is 19.8. The summed E-state index contributed by atoms with van der Waals surface area (Å²) < 4.78 is 49.6. The van der Waals surface area contributed by atoms with E-state index in [4.69, 9.17) is 4.74 Å². The molecule has 148 valence electrons. The summed E-state index contributed by atoms with van der Waals surface area (Å²) >= 11 is 0. The molecule has 0 aliphatic carbocycles. The molecule has 1 aromatic rings. The van der Waals surface area contributed by atoms with Crippen LogP contribution in [-0.4, -0.2) is 69.0 Å². The van der Waals surface area contributed by atoms with Gasteiger partial charge < -0.3 is 14.4 Å². The highest BCUT2D eigenvalue weighted by Crippen LogP contribution is 2.39. The Morgan fingerprint density at radius 2 is 1.78 bits per heavy atom. The zero-order valence-electron chi connectivity index (χ0n) is 15.0. The molecule has 2 saturated heterocycles. The van der Waals surface area contributed by atoms with Crippen molar-refractivity contribution < 1.29 is 31.9 Å². The number of carbonyl (C=O) groups is 2. The highest BCUT2D eigenvalue weighted by molar-refractivity contribution is 7.93. The fraction of sp³-hybridized carbons (Fsp3) is 0.556. The molecule has 2 heterocycles. The third-order valence-electron chi connectivity index (χ3n) is 5.32. The van der Waals surface area contributed by atoms with E-state index in [1.807, 2.05) is 0 Å². The molecule has 1 aromatic carbocycles. The minimum atomic E-state index is -4.03. The van der Waals surface area contributed by atoms with Gasteiger partial charge in [-0.2, -0.15) is 0 Å². The Morgan fingerprint density at radius 1 is 1.15 bits per heavy atom. The van der Waals surface area contributed by atoms with Crippen molar-refractivity contribution >= 4 is 21.7 Å². The number of nitrogens with zero attached hydrogens (tertiary/aromatic N) is 1. The van der Waals surface area contributed by atoms with E-state index < -0.39 is 38.7 Å². The number of hydrogen-bond donors (Lipinski definition) is 0. The largest absolute Gasteiger partial charge is 0.467 e. The molecule has 2 aliphatic heterocycles. The monoisotopic (exact) mass is 399 g/mol. The molecule has 0 unspecified atom stereocenters. The highest BCUT2D eigenvalue weighted by Gasteiger charge is 2.57. The van der Waals surface area contributed by atoms with E-state index in [1.165, 1.54) is 12.1 Å². The number of alkyl halides is 1. The molecule has 9 heteroatoms. The quantitative estimate of drug-likeness (QED) is 0.705. The predicted molar refractivity (Wildman–Crippen MR) is 93.5 cm³/mol. The van der Waals surface area contributed by atoms with Crippen LogP contribution in [0.5, 0.6) is 0 Å². The van der Waals surface area contributed by atoms with Crippen molar-refractivity contribution in [3.8, 4) is 0 Å². The van der Waals surface area contributed by atoms with E-state index in [-0.39, 0.29) is 43.9 Å². The zero-order chi connectivity index (χ0) is 19.7. The van der Waals surface area contributed by atoms with Crippen LogP contribution in [0.3, 0.4) is 0 Å². The molecule has 2 fully saturated rings. The summed E-state index contributed by atoms with van der Waals surface area (Å²) in [5.41, 5.74) is -2.31. The lowest BCUT2D eigenvalue weighted by Crippen LogP contribution is -2.56. The van der Waals surface area contributed by atoms with Gasteiger partial charge in [-0.15, -0.1) is 0 Å². The summed E-state index contributed by atoms with van der Waals surface area (Å²) in [5, 5.41) is 0. The Kier molecular flexibility index (Phi) is 5.27. The van der Waals surface area contributed by atoms with Crippen molar-refractivity contribution in [2.75, 3.05) is 33.4 Å². The Morgan fingerprint density at radius 3 is 2.37 bits per heavy atom. The molecule has 0 saturated carbocycles.